The lowest BCUT2D eigenvalue weighted by Gasteiger charge is -2.36. The first kappa shape index (κ1) is 20.4. The molecule has 1 aliphatic rings. The maximum absolute atomic E-state index is 13.3. The molecule has 2 atom stereocenters. The predicted molar refractivity (Wildman–Crippen MR) is 125 cm³/mol. The molecule has 5 nitrogen and oxygen atoms in total. The van der Waals surface area contributed by atoms with E-state index in [2.05, 4.69) is 23.7 Å². The second-order valence-corrected chi connectivity index (χ2v) is 8.30. The third-order valence-electron chi connectivity index (χ3n) is 5.85. The van der Waals surface area contributed by atoms with Crippen molar-refractivity contribution in [1.82, 2.24) is 9.55 Å². The van der Waals surface area contributed by atoms with Crippen LogP contribution < -0.4 is 10.5 Å². The Hall–Kier alpha value is -3.51. The molecule has 5 rings (SSSR count). The van der Waals surface area contributed by atoms with E-state index in [9.17, 15) is 9.18 Å². The van der Waals surface area contributed by atoms with Gasteiger partial charge in [0.05, 0.1) is 24.1 Å². The molecule has 0 aliphatic carbocycles. The molecular weight excluding hydrogens is 405 g/mol. The summed E-state index contributed by atoms with van der Waals surface area (Å²) < 4.78 is 20.7. The van der Waals surface area contributed by atoms with Crippen LogP contribution in [0.15, 0.2) is 77.9 Å². The van der Waals surface area contributed by atoms with Crippen molar-refractivity contribution in [2.75, 3.05) is 18.0 Å². The van der Waals surface area contributed by atoms with Crippen molar-refractivity contribution in [2.45, 2.75) is 26.1 Å². The van der Waals surface area contributed by atoms with Crippen molar-refractivity contribution in [2.24, 2.45) is 0 Å². The number of benzene rings is 2. The Balaban J connectivity index is 1.50. The largest absolute Gasteiger partial charge is 0.372 e. The zero-order valence-corrected chi connectivity index (χ0v) is 18.0. The number of hydrogen-bond acceptors (Lipinski definition) is 4. The molecule has 0 saturated carbocycles. The van der Waals surface area contributed by atoms with E-state index in [1.165, 1.54) is 12.1 Å². The number of nitrogens with zero attached hydrogens (tertiary/aromatic N) is 3. The molecule has 1 saturated heterocycles. The summed E-state index contributed by atoms with van der Waals surface area (Å²) in [5.74, 6) is 0.594. The zero-order valence-electron chi connectivity index (χ0n) is 18.0. The molecule has 1 aliphatic heterocycles. The normalized spacial score (nSPS) is 18.8. The minimum atomic E-state index is -0.284. The van der Waals surface area contributed by atoms with Gasteiger partial charge in [0.1, 0.15) is 11.6 Å². The highest BCUT2D eigenvalue weighted by Gasteiger charge is 2.23. The average Bonchev–Trinajstić information content (AvgIpc) is 2.79. The maximum Gasteiger partial charge on any atom is 0.263 e. The van der Waals surface area contributed by atoms with Gasteiger partial charge in [-0.2, -0.15) is 0 Å². The van der Waals surface area contributed by atoms with Crippen LogP contribution in [0.5, 0.6) is 0 Å². The molecule has 2 aromatic heterocycles. The standard InChI is InChI=1S/C26H24FN3O2/c1-17-15-29(16-18(2)32-17)25-11-10-21(14-28-25)30-13-12-23-22(4-3-5-24(23)26(30)31)19-6-8-20(27)9-7-19/h3-14,17-18H,15-16H2,1-2H3/t17-,18+. The monoisotopic (exact) mass is 429 g/mol. The number of pyridine rings is 2. The van der Waals surface area contributed by atoms with Crippen LogP contribution in [0.25, 0.3) is 27.6 Å². The van der Waals surface area contributed by atoms with Crippen molar-refractivity contribution in [3.05, 3.63) is 89.2 Å². The number of rotatable bonds is 3. The molecule has 0 amide bonds. The SMILES string of the molecule is C[C@@H]1CN(c2ccc(-n3ccc4c(-c5ccc(F)cc5)cccc4c3=O)cn2)C[C@H](C)O1. The van der Waals surface area contributed by atoms with E-state index < -0.39 is 0 Å². The highest BCUT2D eigenvalue weighted by molar-refractivity contribution is 5.96. The van der Waals surface area contributed by atoms with E-state index >= 15 is 0 Å². The van der Waals surface area contributed by atoms with Crippen LogP contribution in [0, 0.1) is 5.82 Å². The van der Waals surface area contributed by atoms with Crippen molar-refractivity contribution in [1.29, 1.82) is 0 Å². The second kappa shape index (κ2) is 8.20. The number of aromatic nitrogens is 2. The van der Waals surface area contributed by atoms with Gasteiger partial charge < -0.3 is 9.64 Å². The van der Waals surface area contributed by atoms with Gasteiger partial charge in [0.25, 0.3) is 5.56 Å². The van der Waals surface area contributed by atoms with Crippen molar-refractivity contribution in [3.8, 4) is 16.8 Å². The minimum absolute atomic E-state index is 0.116. The van der Waals surface area contributed by atoms with Crippen molar-refractivity contribution < 1.29 is 9.13 Å². The average molecular weight is 429 g/mol. The van der Waals surface area contributed by atoms with Gasteiger partial charge >= 0.3 is 0 Å². The Morgan fingerprint density at radius 1 is 0.938 bits per heavy atom. The summed E-state index contributed by atoms with van der Waals surface area (Å²) in [4.78, 5) is 20.1. The van der Waals surface area contributed by atoms with Crippen molar-refractivity contribution in [3.63, 3.8) is 0 Å². The third kappa shape index (κ3) is 3.78. The summed E-state index contributed by atoms with van der Waals surface area (Å²) in [5, 5.41) is 1.44. The lowest BCUT2D eigenvalue weighted by molar-refractivity contribution is -0.00545. The number of ether oxygens (including phenoxy) is 1. The van der Waals surface area contributed by atoms with Crippen LogP contribution in [0.1, 0.15) is 13.8 Å². The van der Waals surface area contributed by atoms with E-state index in [-0.39, 0.29) is 23.6 Å². The highest BCUT2D eigenvalue weighted by atomic mass is 19.1. The number of anilines is 1. The Morgan fingerprint density at radius 2 is 1.69 bits per heavy atom. The molecule has 0 bridgehead atoms. The molecule has 0 radical (unpaired) electrons. The van der Waals surface area contributed by atoms with Crippen LogP contribution in [0.3, 0.4) is 0 Å². The Bertz CT molecular complexity index is 1310. The molecule has 0 spiro atoms. The van der Waals surface area contributed by atoms with Crippen LogP contribution in [-0.2, 0) is 4.74 Å². The van der Waals surface area contributed by atoms with E-state index in [0.717, 1.165) is 35.4 Å². The van der Waals surface area contributed by atoms with Gasteiger partial charge in [-0.3, -0.25) is 9.36 Å². The third-order valence-corrected chi connectivity index (χ3v) is 5.85. The van der Waals surface area contributed by atoms with Gasteiger partial charge in [-0.05, 0) is 66.8 Å². The summed E-state index contributed by atoms with van der Waals surface area (Å²) in [5.41, 5.74) is 2.36. The molecule has 3 heterocycles. The van der Waals surface area contributed by atoms with E-state index in [0.29, 0.717) is 11.1 Å². The zero-order chi connectivity index (χ0) is 22.2. The molecular formula is C26H24FN3O2. The van der Waals surface area contributed by atoms with Crippen LogP contribution in [0.4, 0.5) is 10.2 Å². The van der Waals surface area contributed by atoms with E-state index in [1.54, 1.807) is 29.1 Å². The lowest BCUT2D eigenvalue weighted by Crippen LogP contribution is -2.45. The van der Waals surface area contributed by atoms with Crippen LogP contribution in [-0.4, -0.2) is 34.8 Å². The van der Waals surface area contributed by atoms with Crippen LogP contribution >= 0.6 is 0 Å². The van der Waals surface area contributed by atoms with E-state index in [4.69, 9.17) is 4.74 Å². The molecule has 0 N–H and O–H groups in total. The van der Waals surface area contributed by atoms with Gasteiger partial charge in [-0.25, -0.2) is 9.37 Å². The first-order valence-electron chi connectivity index (χ1n) is 10.8. The molecule has 4 aromatic rings. The maximum atomic E-state index is 13.3. The first-order valence-corrected chi connectivity index (χ1v) is 10.8. The van der Waals surface area contributed by atoms with Gasteiger partial charge in [-0.15, -0.1) is 0 Å². The minimum Gasteiger partial charge on any atom is -0.372 e. The van der Waals surface area contributed by atoms with E-state index in [1.807, 2.05) is 36.4 Å². The molecule has 1 fully saturated rings. The summed E-state index contributed by atoms with van der Waals surface area (Å²) in [6, 6.07) is 17.7. The second-order valence-electron chi connectivity index (χ2n) is 8.30. The Labute approximate surface area is 185 Å². The quantitative estimate of drug-likeness (QED) is 0.469. The fourth-order valence-electron chi connectivity index (χ4n) is 4.44. The van der Waals surface area contributed by atoms with Gasteiger partial charge in [0.2, 0.25) is 0 Å². The van der Waals surface area contributed by atoms with Crippen molar-refractivity contribution >= 4 is 16.6 Å². The Morgan fingerprint density at radius 3 is 2.38 bits per heavy atom. The summed E-state index contributed by atoms with van der Waals surface area (Å²) in [7, 11) is 0. The number of halogens is 1. The molecule has 6 heteroatoms. The van der Waals surface area contributed by atoms with Gasteiger partial charge in [-0.1, -0.05) is 24.3 Å². The predicted octanol–water partition coefficient (Wildman–Crippen LogP) is 4.81. The van der Waals surface area contributed by atoms with Gasteiger partial charge in [0.15, 0.2) is 0 Å². The fraction of sp³-hybridized carbons (Fsp3) is 0.231. The summed E-state index contributed by atoms with van der Waals surface area (Å²) in [6.45, 7) is 5.70. The lowest BCUT2D eigenvalue weighted by atomic mass is 9.99. The van der Waals surface area contributed by atoms with Crippen LogP contribution in [0.2, 0.25) is 0 Å². The number of fused-ring (bicyclic) bond motifs is 1. The molecule has 2 aromatic carbocycles. The van der Waals surface area contributed by atoms with Gasteiger partial charge in [0, 0.05) is 24.7 Å². The summed E-state index contributed by atoms with van der Waals surface area (Å²) in [6.07, 6.45) is 3.81. The highest BCUT2D eigenvalue weighted by Crippen LogP contribution is 2.28. The number of morpholine rings is 1. The number of hydrogen-bond donors (Lipinski definition) is 0. The molecule has 162 valence electrons. The summed E-state index contributed by atoms with van der Waals surface area (Å²) >= 11 is 0. The first-order chi connectivity index (χ1) is 15.5. The molecule has 0 unspecified atom stereocenters. The smallest absolute Gasteiger partial charge is 0.263 e. The topological polar surface area (TPSA) is 47.4 Å². The Kier molecular flexibility index (Phi) is 5.23. The fourth-order valence-corrected chi connectivity index (χ4v) is 4.44. The molecule has 32 heavy (non-hydrogen) atoms.